The van der Waals surface area contributed by atoms with Crippen molar-refractivity contribution in [2.24, 2.45) is 0 Å². The lowest BCUT2D eigenvalue weighted by molar-refractivity contribution is -0.130. The minimum Gasteiger partial charge on any atom is -0.503 e. The lowest BCUT2D eigenvalue weighted by Gasteiger charge is -2.26. The van der Waals surface area contributed by atoms with Crippen molar-refractivity contribution in [1.82, 2.24) is 9.88 Å². The number of aliphatic hydroxyl groups excluding tert-OH is 1. The van der Waals surface area contributed by atoms with Crippen LogP contribution >= 0.6 is 15.9 Å². The summed E-state index contributed by atoms with van der Waals surface area (Å²) in [6, 6.07) is 17.7. The van der Waals surface area contributed by atoms with Gasteiger partial charge in [0.15, 0.2) is 11.5 Å². The number of hydrogen-bond acceptors (Lipinski definition) is 7. The summed E-state index contributed by atoms with van der Waals surface area (Å²) in [6.07, 6.45) is 1.56. The van der Waals surface area contributed by atoms with Crippen molar-refractivity contribution in [1.29, 1.82) is 0 Å². The second kappa shape index (κ2) is 10.0. The van der Waals surface area contributed by atoms with Crippen LogP contribution in [-0.2, 0) is 16.1 Å². The smallest absolute Gasteiger partial charge is 0.338 e. The van der Waals surface area contributed by atoms with E-state index in [2.05, 4.69) is 20.9 Å². The number of esters is 1. The molecule has 1 amide bonds. The SMILES string of the molecule is CCOC(=O)c1ccc(CN2C(=O)C(O)=C(C(=O)c3cc4cc(Br)ccc4o3)C2c2ccccn2)cc1. The van der Waals surface area contributed by atoms with Crippen LogP contribution in [0.1, 0.15) is 45.1 Å². The first kappa shape index (κ1) is 24.5. The van der Waals surface area contributed by atoms with E-state index in [4.69, 9.17) is 9.15 Å². The van der Waals surface area contributed by atoms with Gasteiger partial charge in [0.25, 0.3) is 5.91 Å². The van der Waals surface area contributed by atoms with Crippen molar-refractivity contribution in [3.8, 4) is 0 Å². The number of carbonyl (C=O) groups is 3. The van der Waals surface area contributed by atoms with Crippen molar-refractivity contribution in [3.63, 3.8) is 0 Å². The maximum atomic E-state index is 13.6. The van der Waals surface area contributed by atoms with Crippen LogP contribution in [0.25, 0.3) is 11.0 Å². The fourth-order valence-electron chi connectivity index (χ4n) is 4.31. The highest BCUT2D eigenvalue weighted by Gasteiger charge is 2.45. The molecule has 8 nitrogen and oxygen atoms in total. The van der Waals surface area contributed by atoms with E-state index in [1.807, 2.05) is 6.07 Å². The van der Waals surface area contributed by atoms with Crippen molar-refractivity contribution >= 4 is 44.6 Å². The molecule has 9 heteroatoms. The van der Waals surface area contributed by atoms with Gasteiger partial charge in [0.2, 0.25) is 5.78 Å². The number of carbonyl (C=O) groups excluding carboxylic acids is 3. The number of aliphatic hydroxyl groups is 1. The molecule has 5 rings (SSSR count). The third kappa shape index (κ3) is 4.65. The van der Waals surface area contributed by atoms with Crippen LogP contribution in [0.2, 0.25) is 0 Å². The average Bonchev–Trinajstić information content (AvgIpc) is 3.43. The van der Waals surface area contributed by atoms with E-state index in [9.17, 15) is 19.5 Å². The summed E-state index contributed by atoms with van der Waals surface area (Å²) in [5.74, 6) is -2.39. The third-order valence-corrected chi connectivity index (χ3v) is 6.53. The summed E-state index contributed by atoms with van der Waals surface area (Å²) in [6.45, 7) is 2.06. The standard InChI is InChI=1S/C28H21BrN2O6/c1-2-36-28(35)17-8-6-16(7-9-17)15-31-24(20-5-3-4-12-30-20)23(26(33)27(31)34)25(32)22-14-18-13-19(29)10-11-21(18)37-22/h3-14,24,33H,2,15H2,1H3. The average molecular weight is 561 g/mol. The van der Waals surface area contributed by atoms with Crippen LogP contribution in [0.15, 0.2) is 93.1 Å². The zero-order chi connectivity index (χ0) is 26.1. The Labute approximate surface area is 220 Å². The van der Waals surface area contributed by atoms with Crippen LogP contribution in [-0.4, -0.2) is 39.3 Å². The lowest BCUT2D eigenvalue weighted by atomic mass is 9.98. The Morgan fingerprint density at radius 1 is 1.11 bits per heavy atom. The molecule has 1 unspecified atom stereocenters. The molecule has 2 aromatic heterocycles. The van der Waals surface area contributed by atoms with Gasteiger partial charge in [0.1, 0.15) is 11.6 Å². The van der Waals surface area contributed by atoms with Gasteiger partial charge in [-0.2, -0.15) is 0 Å². The number of ether oxygens (including phenoxy) is 1. The van der Waals surface area contributed by atoms with E-state index in [0.717, 1.165) is 4.47 Å². The molecule has 0 fully saturated rings. The number of halogens is 1. The van der Waals surface area contributed by atoms with E-state index in [1.54, 1.807) is 73.8 Å². The van der Waals surface area contributed by atoms with Crippen LogP contribution in [0, 0.1) is 0 Å². The molecule has 186 valence electrons. The first-order chi connectivity index (χ1) is 17.9. The van der Waals surface area contributed by atoms with Crippen LogP contribution in [0.4, 0.5) is 0 Å². The Balaban J connectivity index is 1.51. The van der Waals surface area contributed by atoms with E-state index in [-0.39, 0.29) is 24.5 Å². The third-order valence-electron chi connectivity index (χ3n) is 6.04. The molecule has 2 aromatic carbocycles. The van der Waals surface area contributed by atoms with Gasteiger partial charge in [-0.25, -0.2) is 4.79 Å². The number of rotatable bonds is 7. The molecule has 0 saturated carbocycles. The quantitative estimate of drug-likeness (QED) is 0.233. The molecule has 1 atom stereocenters. The van der Waals surface area contributed by atoms with E-state index < -0.39 is 29.5 Å². The molecule has 0 spiro atoms. The van der Waals surface area contributed by atoms with Crippen LogP contribution < -0.4 is 0 Å². The normalized spacial score (nSPS) is 15.5. The molecule has 0 radical (unpaired) electrons. The van der Waals surface area contributed by atoms with E-state index >= 15 is 0 Å². The second-order valence-corrected chi connectivity index (χ2v) is 9.31. The predicted molar refractivity (Wildman–Crippen MR) is 138 cm³/mol. The van der Waals surface area contributed by atoms with E-state index in [1.165, 1.54) is 4.90 Å². The Morgan fingerprint density at radius 3 is 2.59 bits per heavy atom. The molecular formula is C28H21BrN2O6. The zero-order valence-electron chi connectivity index (χ0n) is 19.7. The molecule has 3 heterocycles. The highest BCUT2D eigenvalue weighted by Crippen LogP contribution is 2.40. The van der Waals surface area contributed by atoms with Gasteiger partial charge < -0.3 is 19.2 Å². The van der Waals surface area contributed by atoms with Gasteiger partial charge in [0, 0.05) is 22.6 Å². The molecule has 0 aliphatic carbocycles. The predicted octanol–water partition coefficient (Wildman–Crippen LogP) is 5.55. The van der Waals surface area contributed by atoms with Crippen molar-refractivity contribution in [3.05, 3.63) is 111 Å². The van der Waals surface area contributed by atoms with E-state index in [0.29, 0.717) is 27.8 Å². The van der Waals surface area contributed by atoms with Crippen LogP contribution in [0.3, 0.4) is 0 Å². The fourth-order valence-corrected chi connectivity index (χ4v) is 4.69. The van der Waals surface area contributed by atoms with Gasteiger partial charge in [-0.05, 0) is 61.0 Å². The molecule has 1 aliphatic rings. The molecule has 1 aliphatic heterocycles. The topological polar surface area (TPSA) is 110 Å². The minimum absolute atomic E-state index is 0.00372. The number of amides is 1. The van der Waals surface area contributed by atoms with Gasteiger partial charge >= 0.3 is 5.97 Å². The second-order valence-electron chi connectivity index (χ2n) is 8.39. The monoisotopic (exact) mass is 560 g/mol. The number of benzene rings is 2. The first-order valence-electron chi connectivity index (χ1n) is 11.5. The van der Waals surface area contributed by atoms with Crippen LogP contribution in [0.5, 0.6) is 0 Å². The maximum absolute atomic E-state index is 13.6. The highest BCUT2D eigenvalue weighted by atomic mass is 79.9. The largest absolute Gasteiger partial charge is 0.503 e. The number of Topliss-reactive ketones (excluding diaryl/α,β-unsaturated/α-hetero) is 1. The Hall–Kier alpha value is -4.24. The first-order valence-corrected chi connectivity index (χ1v) is 12.3. The number of aromatic nitrogens is 1. The van der Waals surface area contributed by atoms with Gasteiger partial charge in [-0.15, -0.1) is 0 Å². The molecule has 37 heavy (non-hydrogen) atoms. The summed E-state index contributed by atoms with van der Waals surface area (Å²) in [7, 11) is 0. The van der Waals surface area contributed by atoms with Gasteiger partial charge in [-0.1, -0.05) is 34.1 Å². The van der Waals surface area contributed by atoms with Crippen molar-refractivity contribution < 1.29 is 28.6 Å². The fraction of sp³-hybridized carbons (Fsp3) is 0.143. The Kier molecular flexibility index (Phi) is 6.62. The maximum Gasteiger partial charge on any atom is 0.338 e. The summed E-state index contributed by atoms with van der Waals surface area (Å²) in [5, 5.41) is 11.6. The summed E-state index contributed by atoms with van der Waals surface area (Å²) >= 11 is 3.40. The number of pyridine rings is 1. The lowest BCUT2D eigenvalue weighted by Crippen LogP contribution is -2.31. The van der Waals surface area contributed by atoms with Gasteiger partial charge in [0.05, 0.1) is 23.4 Å². The van der Waals surface area contributed by atoms with Crippen molar-refractivity contribution in [2.75, 3.05) is 6.61 Å². The summed E-state index contributed by atoms with van der Waals surface area (Å²) in [4.78, 5) is 44.6. The van der Waals surface area contributed by atoms with Crippen molar-refractivity contribution in [2.45, 2.75) is 19.5 Å². The number of hydrogen-bond donors (Lipinski definition) is 1. The number of fused-ring (bicyclic) bond motifs is 1. The number of ketones is 1. The molecule has 4 aromatic rings. The summed E-state index contributed by atoms with van der Waals surface area (Å²) < 4.78 is 11.6. The molecular weight excluding hydrogens is 540 g/mol. The zero-order valence-corrected chi connectivity index (χ0v) is 21.3. The Bertz CT molecular complexity index is 1540. The minimum atomic E-state index is -0.939. The number of furan rings is 1. The summed E-state index contributed by atoms with van der Waals surface area (Å²) in [5.41, 5.74) is 1.89. The number of nitrogens with zero attached hydrogens (tertiary/aromatic N) is 2. The Morgan fingerprint density at radius 2 is 1.89 bits per heavy atom. The molecule has 1 N–H and O–H groups in total. The van der Waals surface area contributed by atoms with Gasteiger partial charge in [-0.3, -0.25) is 14.6 Å². The highest BCUT2D eigenvalue weighted by molar-refractivity contribution is 9.10. The molecule has 0 saturated heterocycles. The molecule has 0 bridgehead atoms.